The number of ether oxygens (including phenoxy) is 9. The van der Waals surface area contributed by atoms with Crippen LogP contribution in [-0.2, 0) is 56.9 Å². The van der Waals surface area contributed by atoms with E-state index in [2.05, 4.69) is 26.0 Å². The maximum Gasteiger partial charge on any atom is 0.296 e. The highest BCUT2D eigenvalue weighted by Crippen LogP contribution is 2.14. The van der Waals surface area contributed by atoms with Gasteiger partial charge in [0.05, 0.1) is 71.0 Å². The Morgan fingerprint density at radius 2 is 0.750 bits per heavy atom. The van der Waals surface area contributed by atoms with Gasteiger partial charge in [-0.2, -0.15) is 8.42 Å². The first-order valence-corrected chi connectivity index (χ1v) is 29.4. The molecule has 0 saturated heterocycles. The van der Waals surface area contributed by atoms with E-state index in [1.165, 1.54) is 6.42 Å². The number of azide groups is 1. The molecule has 5 N–H and O–H groups in total. The molecule has 0 amide bonds. The predicted molar refractivity (Wildman–Crippen MR) is 345 cm³/mol. The first-order chi connectivity index (χ1) is 35.6. The zero-order chi connectivity index (χ0) is 55.3. The van der Waals surface area contributed by atoms with Gasteiger partial charge in [-0.1, -0.05) is 97.1 Å². The number of unbranched alkanes of at least 4 members (excludes halogenated alkanes) is 10. The molecule has 1 aromatic carbocycles. The van der Waals surface area contributed by atoms with E-state index in [-0.39, 0.29) is 76.7 Å². The third-order valence-corrected chi connectivity index (χ3v) is 10.7. The van der Waals surface area contributed by atoms with E-state index >= 15 is 0 Å². The standard InChI is InChI=1S/C16H26O5S.C9H19N3O2.C9H21NO2.C9H20O3.C5H12O2.C4H9BrO.7CH4/c1-3-19-13-14-20-11-5-4-6-12-21-22(17,18)16-9-7-15(2)8-10-16;1-2-13-8-9-14-7-5-3-4-6-11-12-10;2*1-2-11-8-9-12-7-5-3-4-6-10;6-4-2-1-3-5-7;1-2-6-4-3-5;;;;;;;/h7-10H,3-6,11-14H2,1-2H3;2-9H2,1H3;2-10H2,1H3;10H,2-9H2,1H3;6-7H,1-5H2;2-4H2,1H3;7*1H4. The molecule has 0 radical (unpaired) electrons. The summed E-state index contributed by atoms with van der Waals surface area (Å²) < 4.78 is 75.6. The molecule has 0 aromatic heterocycles. The van der Waals surface area contributed by atoms with Crippen molar-refractivity contribution in [2.24, 2.45) is 10.8 Å². The summed E-state index contributed by atoms with van der Waals surface area (Å²) in [7, 11) is -3.63. The molecule has 0 unspecified atom stereocenters. The van der Waals surface area contributed by atoms with E-state index in [4.69, 9.17) is 73.4 Å². The van der Waals surface area contributed by atoms with Crippen molar-refractivity contribution < 1.29 is 70.6 Å². The lowest BCUT2D eigenvalue weighted by atomic mass is 10.2. The molecule has 0 aliphatic heterocycles. The number of nitrogens with zero attached hydrogens (tertiary/aromatic N) is 3. The van der Waals surface area contributed by atoms with Gasteiger partial charge in [-0.05, 0) is 156 Å². The first kappa shape index (κ1) is 107. The zero-order valence-corrected chi connectivity index (χ0v) is 48.9. The van der Waals surface area contributed by atoms with Crippen LogP contribution in [0.25, 0.3) is 10.4 Å². The monoisotopic (exact) mass is 1250 g/mol. The van der Waals surface area contributed by atoms with Crippen LogP contribution in [0.4, 0.5) is 0 Å². The van der Waals surface area contributed by atoms with E-state index in [0.717, 1.165) is 160 Å². The van der Waals surface area contributed by atoms with Crippen molar-refractivity contribution >= 4 is 26.0 Å². The van der Waals surface area contributed by atoms with Crippen LogP contribution >= 0.6 is 15.9 Å². The number of aliphatic hydroxyl groups excluding tert-OH is 3. The summed E-state index contributed by atoms with van der Waals surface area (Å²) in [5.74, 6) is 0. The average molecular weight is 1250 g/mol. The lowest BCUT2D eigenvalue weighted by molar-refractivity contribution is 0.0509. The molecule has 0 aliphatic carbocycles. The topological polar surface area (TPSA) is 262 Å². The maximum atomic E-state index is 11.9. The van der Waals surface area contributed by atoms with E-state index in [9.17, 15) is 8.42 Å². The van der Waals surface area contributed by atoms with Gasteiger partial charge in [-0.3, -0.25) is 4.18 Å². The van der Waals surface area contributed by atoms with Crippen LogP contribution in [0.3, 0.4) is 0 Å². The Kier molecular flexibility index (Phi) is 136. The smallest absolute Gasteiger partial charge is 0.296 e. The molecular weight excluding hydrogens is 1120 g/mol. The van der Waals surface area contributed by atoms with E-state index in [0.29, 0.717) is 79.0 Å². The Balaban J connectivity index is -0.0000000714. The number of alkyl halides is 1. The second kappa shape index (κ2) is 102. The molecule has 80 heavy (non-hydrogen) atoms. The maximum absolute atomic E-state index is 11.9. The fourth-order valence-corrected chi connectivity index (χ4v) is 6.28. The number of hydrogen-bond donors (Lipinski definition) is 4. The molecule has 0 saturated carbocycles. The molecule has 19 nitrogen and oxygen atoms in total. The van der Waals surface area contributed by atoms with Crippen LogP contribution < -0.4 is 5.73 Å². The van der Waals surface area contributed by atoms with Gasteiger partial charge >= 0.3 is 0 Å². The highest BCUT2D eigenvalue weighted by molar-refractivity contribution is 9.09. The van der Waals surface area contributed by atoms with Crippen LogP contribution in [0.5, 0.6) is 0 Å². The molecular formula is C59H135BrN4O15S. The molecule has 0 bridgehead atoms. The van der Waals surface area contributed by atoms with Gasteiger partial charge in [0, 0.05) is 96.1 Å². The lowest BCUT2D eigenvalue weighted by Gasteiger charge is -2.06. The summed E-state index contributed by atoms with van der Waals surface area (Å²) >= 11 is 3.23. The molecule has 21 heteroatoms. The summed E-state index contributed by atoms with van der Waals surface area (Å²) in [5, 5.41) is 29.3. The van der Waals surface area contributed by atoms with Gasteiger partial charge in [0.1, 0.15) is 0 Å². The van der Waals surface area contributed by atoms with E-state index in [1.54, 1.807) is 24.3 Å². The van der Waals surface area contributed by atoms with Gasteiger partial charge < -0.3 is 63.7 Å². The number of benzene rings is 1. The highest BCUT2D eigenvalue weighted by atomic mass is 79.9. The molecule has 1 rings (SSSR count). The van der Waals surface area contributed by atoms with Crippen LogP contribution in [0, 0.1) is 6.92 Å². The van der Waals surface area contributed by atoms with Crippen molar-refractivity contribution in [1.82, 2.24) is 0 Å². The van der Waals surface area contributed by atoms with Crippen molar-refractivity contribution in [2.45, 2.75) is 195 Å². The number of aliphatic hydroxyl groups is 3. The third kappa shape index (κ3) is 108. The highest BCUT2D eigenvalue weighted by Gasteiger charge is 2.14. The predicted octanol–water partition coefficient (Wildman–Crippen LogP) is 13.8. The third-order valence-electron chi connectivity index (χ3n) is 9.08. The van der Waals surface area contributed by atoms with Crippen molar-refractivity contribution in [3.05, 3.63) is 40.3 Å². The average Bonchev–Trinajstić information content (AvgIpc) is 3.39. The number of rotatable bonds is 47. The van der Waals surface area contributed by atoms with E-state index in [1.807, 2.05) is 41.5 Å². The Labute approximate surface area is 504 Å². The van der Waals surface area contributed by atoms with Gasteiger partial charge in [-0.15, -0.1) is 0 Å². The van der Waals surface area contributed by atoms with Crippen molar-refractivity contribution in [3.8, 4) is 0 Å². The number of halogens is 1. The minimum Gasteiger partial charge on any atom is -0.396 e. The molecule has 0 atom stereocenters. The summed E-state index contributed by atoms with van der Waals surface area (Å²) in [6.07, 6.45) is 14.4. The van der Waals surface area contributed by atoms with Crippen molar-refractivity contribution in [3.63, 3.8) is 0 Å². The van der Waals surface area contributed by atoms with Crippen LogP contribution in [0.15, 0.2) is 34.3 Å². The fourth-order valence-electron chi connectivity index (χ4n) is 5.11. The quantitative estimate of drug-likeness (QED) is 0.0118. The molecule has 0 spiro atoms. The SMILES string of the molecule is C.C.C.C.C.C.C.CCOCCBr.CCOCCOCCCCCN.CCOCCOCCCCCN=[N+]=[N-].CCOCCOCCCCCO.CCOCCOCCCCCOS(=O)(=O)c1ccc(C)cc1.OCCCCCO. The Hall–Kier alpha value is -1.60. The molecule has 494 valence electrons. The van der Waals surface area contributed by atoms with E-state index < -0.39 is 10.1 Å². The molecule has 0 heterocycles. The summed E-state index contributed by atoms with van der Waals surface area (Å²) in [6, 6.07) is 6.65. The molecule has 0 fully saturated rings. The van der Waals surface area contributed by atoms with Gasteiger partial charge in [0.2, 0.25) is 0 Å². The van der Waals surface area contributed by atoms with Gasteiger partial charge in [0.15, 0.2) is 0 Å². The number of nitrogens with two attached hydrogens (primary N) is 1. The van der Waals surface area contributed by atoms with Crippen LogP contribution in [0.1, 0.15) is 188 Å². The fraction of sp³-hybridized carbons (Fsp3) is 0.898. The van der Waals surface area contributed by atoms with Gasteiger partial charge in [0.25, 0.3) is 10.1 Å². The Morgan fingerprint density at radius 3 is 1.06 bits per heavy atom. The normalized spacial score (nSPS) is 9.59. The minimum absolute atomic E-state index is 0. The van der Waals surface area contributed by atoms with Crippen molar-refractivity contribution in [1.29, 1.82) is 0 Å². The first-order valence-electron chi connectivity index (χ1n) is 26.9. The summed E-state index contributed by atoms with van der Waals surface area (Å²) in [6.45, 7) is 27.2. The van der Waals surface area contributed by atoms with Crippen molar-refractivity contribution in [2.75, 3.05) is 164 Å². The number of hydrogen-bond acceptors (Lipinski definition) is 17. The minimum atomic E-state index is -3.63. The zero-order valence-electron chi connectivity index (χ0n) is 46.5. The second-order valence-electron chi connectivity index (χ2n) is 15.4. The lowest BCUT2D eigenvalue weighted by Crippen LogP contribution is -2.08. The summed E-state index contributed by atoms with van der Waals surface area (Å²) in [4.78, 5) is 2.89. The molecule has 1 aromatic rings. The Bertz CT molecular complexity index is 1220. The molecule has 0 aliphatic rings. The van der Waals surface area contributed by atoms with Crippen LogP contribution in [-0.4, -0.2) is 188 Å². The number of aryl methyl sites for hydroxylation is 1. The Morgan fingerprint density at radius 1 is 0.450 bits per heavy atom. The largest absolute Gasteiger partial charge is 0.396 e. The van der Waals surface area contributed by atoms with Crippen LogP contribution in [0.2, 0.25) is 0 Å². The summed E-state index contributed by atoms with van der Waals surface area (Å²) in [5.41, 5.74) is 14.4. The second-order valence-corrected chi connectivity index (χ2v) is 17.8. The van der Waals surface area contributed by atoms with Gasteiger partial charge in [-0.25, -0.2) is 0 Å².